The van der Waals surface area contributed by atoms with Gasteiger partial charge in [0.25, 0.3) is 0 Å². The molecule has 0 unspecified atom stereocenters. The summed E-state index contributed by atoms with van der Waals surface area (Å²) in [6, 6.07) is 15.4. The highest BCUT2D eigenvalue weighted by atomic mass is 19.1. The van der Waals surface area contributed by atoms with Crippen molar-refractivity contribution in [1.82, 2.24) is 15.5 Å². The number of aliphatic hydroxyl groups is 1. The molecule has 6 heteroatoms. The lowest BCUT2D eigenvalue weighted by Crippen LogP contribution is -2.38. The first kappa shape index (κ1) is 21.3. The van der Waals surface area contributed by atoms with E-state index in [9.17, 15) is 9.50 Å². The van der Waals surface area contributed by atoms with E-state index < -0.39 is 0 Å². The van der Waals surface area contributed by atoms with E-state index in [4.69, 9.17) is 0 Å². The second-order valence-corrected chi connectivity index (χ2v) is 7.52. The largest absolute Gasteiger partial charge is 0.393 e. The van der Waals surface area contributed by atoms with Crippen molar-refractivity contribution in [3.63, 3.8) is 0 Å². The van der Waals surface area contributed by atoms with Crippen molar-refractivity contribution in [2.24, 2.45) is 4.99 Å². The maximum Gasteiger partial charge on any atom is 0.191 e. The Bertz CT molecular complexity index is 786. The molecule has 0 amide bonds. The van der Waals surface area contributed by atoms with E-state index in [0.717, 1.165) is 32.5 Å². The number of aliphatic hydroxyl groups excluding tert-OH is 1. The first-order chi connectivity index (χ1) is 14.1. The summed E-state index contributed by atoms with van der Waals surface area (Å²) in [6.07, 6.45) is 2.21. The van der Waals surface area contributed by atoms with E-state index in [1.807, 2.05) is 6.07 Å². The van der Waals surface area contributed by atoms with Crippen LogP contribution in [0.5, 0.6) is 0 Å². The lowest BCUT2D eigenvalue weighted by atomic mass is 10.1. The highest BCUT2D eigenvalue weighted by molar-refractivity contribution is 5.79. The third-order valence-corrected chi connectivity index (χ3v) is 5.31. The van der Waals surface area contributed by atoms with Crippen LogP contribution in [-0.4, -0.2) is 48.8 Å². The van der Waals surface area contributed by atoms with Gasteiger partial charge in [-0.1, -0.05) is 42.5 Å². The van der Waals surface area contributed by atoms with Crippen molar-refractivity contribution in [2.75, 3.05) is 26.7 Å². The molecule has 1 aliphatic heterocycles. The molecule has 0 radical (unpaired) electrons. The van der Waals surface area contributed by atoms with Crippen molar-refractivity contribution in [1.29, 1.82) is 0 Å². The lowest BCUT2D eigenvalue weighted by Gasteiger charge is -2.29. The number of aliphatic imine (C=N–C) groups is 1. The van der Waals surface area contributed by atoms with E-state index in [1.54, 1.807) is 19.2 Å². The Hall–Kier alpha value is -2.44. The van der Waals surface area contributed by atoms with Gasteiger partial charge in [0, 0.05) is 39.8 Å². The maximum atomic E-state index is 13.7. The van der Waals surface area contributed by atoms with Gasteiger partial charge in [-0.3, -0.25) is 9.89 Å². The van der Waals surface area contributed by atoms with Crippen molar-refractivity contribution in [3.05, 3.63) is 71.0 Å². The van der Waals surface area contributed by atoms with Crippen LogP contribution in [0.2, 0.25) is 0 Å². The van der Waals surface area contributed by atoms with Crippen LogP contribution in [0.25, 0.3) is 0 Å². The molecule has 1 heterocycles. The number of rotatable bonds is 7. The summed E-state index contributed by atoms with van der Waals surface area (Å²) >= 11 is 0. The fourth-order valence-corrected chi connectivity index (χ4v) is 3.52. The molecule has 0 aliphatic carbocycles. The predicted octanol–water partition coefficient (Wildman–Crippen LogP) is 2.69. The molecule has 29 heavy (non-hydrogen) atoms. The van der Waals surface area contributed by atoms with Gasteiger partial charge in [0.05, 0.1) is 6.10 Å². The van der Waals surface area contributed by atoms with Crippen molar-refractivity contribution in [3.8, 4) is 0 Å². The lowest BCUT2D eigenvalue weighted by molar-refractivity contribution is 0.0792. The molecule has 5 nitrogen and oxygen atoms in total. The molecule has 1 fully saturated rings. The Labute approximate surface area is 172 Å². The summed E-state index contributed by atoms with van der Waals surface area (Å²) in [4.78, 5) is 6.62. The molecular weight excluding hydrogens is 367 g/mol. The van der Waals surface area contributed by atoms with E-state index >= 15 is 0 Å². The van der Waals surface area contributed by atoms with Crippen LogP contribution in [0, 0.1) is 5.82 Å². The number of piperidine rings is 1. The van der Waals surface area contributed by atoms with Crippen LogP contribution in [0.1, 0.15) is 29.5 Å². The zero-order valence-electron chi connectivity index (χ0n) is 17.1. The van der Waals surface area contributed by atoms with Crippen molar-refractivity contribution >= 4 is 5.96 Å². The van der Waals surface area contributed by atoms with Gasteiger partial charge >= 0.3 is 0 Å². The monoisotopic (exact) mass is 398 g/mol. The molecular formula is C23H31FN4O. The Morgan fingerprint density at radius 1 is 1.07 bits per heavy atom. The topological polar surface area (TPSA) is 59.9 Å². The summed E-state index contributed by atoms with van der Waals surface area (Å²) in [5.41, 5.74) is 3.17. The highest BCUT2D eigenvalue weighted by Gasteiger charge is 2.16. The van der Waals surface area contributed by atoms with Crippen molar-refractivity contribution in [2.45, 2.75) is 38.5 Å². The Morgan fingerprint density at radius 2 is 1.76 bits per heavy atom. The fraction of sp³-hybridized carbons (Fsp3) is 0.435. The van der Waals surface area contributed by atoms with Crippen LogP contribution in [0.15, 0.2) is 53.5 Å². The number of benzene rings is 2. The minimum atomic E-state index is -0.168. The van der Waals surface area contributed by atoms with Gasteiger partial charge in [-0.2, -0.15) is 0 Å². The van der Waals surface area contributed by atoms with Crippen molar-refractivity contribution < 1.29 is 9.50 Å². The van der Waals surface area contributed by atoms with Crippen LogP contribution in [0.4, 0.5) is 4.39 Å². The fourth-order valence-electron chi connectivity index (χ4n) is 3.52. The Morgan fingerprint density at radius 3 is 2.45 bits per heavy atom. The molecule has 2 aromatic rings. The SMILES string of the molecule is CN=C(NCCc1ccccc1F)NCc1ccc(CN2CCC(O)CC2)cc1. The molecule has 156 valence electrons. The van der Waals surface area contributed by atoms with Crippen LogP contribution in [-0.2, 0) is 19.5 Å². The molecule has 0 saturated carbocycles. The molecule has 0 atom stereocenters. The molecule has 3 rings (SSSR count). The van der Waals surface area contributed by atoms with Gasteiger partial charge in [0.2, 0.25) is 0 Å². The van der Waals surface area contributed by atoms with Gasteiger partial charge in [0.15, 0.2) is 5.96 Å². The second-order valence-electron chi connectivity index (χ2n) is 7.52. The van der Waals surface area contributed by atoms with Gasteiger partial charge in [-0.15, -0.1) is 0 Å². The highest BCUT2D eigenvalue weighted by Crippen LogP contribution is 2.14. The van der Waals surface area contributed by atoms with Crippen LogP contribution in [0.3, 0.4) is 0 Å². The predicted molar refractivity (Wildman–Crippen MR) is 115 cm³/mol. The number of hydrogen-bond donors (Lipinski definition) is 3. The number of hydrogen-bond acceptors (Lipinski definition) is 3. The molecule has 0 aromatic heterocycles. The van der Waals surface area contributed by atoms with E-state index in [2.05, 4.69) is 44.8 Å². The quantitative estimate of drug-likeness (QED) is 0.496. The summed E-state index contributed by atoms with van der Waals surface area (Å²) in [6.45, 7) is 4.14. The standard InChI is InChI=1S/C23H31FN4O/c1-25-23(26-13-10-20-4-2-3-5-22(20)24)27-16-18-6-8-19(9-7-18)17-28-14-11-21(29)12-15-28/h2-9,21,29H,10-17H2,1H3,(H2,25,26,27). The number of halogens is 1. The number of likely N-dealkylation sites (tertiary alicyclic amines) is 1. The number of nitrogens with zero attached hydrogens (tertiary/aromatic N) is 2. The average molecular weight is 399 g/mol. The summed E-state index contributed by atoms with van der Waals surface area (Å²) in [7, 11) is 1.73. The smallest absolute Gasteiger partial charge is 0.191 e. The van der Waals surface area contributed by atoms with E-state index in [-0.39, 0.29) is 11.9 Å². The molecule has 1 aliphatic rings. The normalized spacial score (nSPS) is 16.0. The molecule has 1 saturated heterocycles. The van der Waals surface area contributed by atoms with Gasteiger partial charge in [0.1, 0.15) is 5.82 Å². The molecule has 0 bridgehead atoms. The molecule has 0 spiro atoms. The van der Waals surface area contributed by atoms with Gasteiger partial charge in [-0.25, -0.2) is 4.39 Å². The Kier molecular flexibility index (Phi) is 8.02. The van der Waals surface area contributed by atoms with Gasteiger partial charge < -0.3 is 15.7 Å². The second kappa shape index (κ2) is 10.9. The van der Waals surface area contributed by atoms with Gasteiger partial charge in [-0.05, 0) is 42.0 Å². The average Bonchev–Trinajstić information content (AvgIpc) is 2.74. The molecule has 3 N–H and O–H groups in total. The Balaban J connectivity index is 1.40. The third-order valence-electron chi connectivity index (χ3n) is 5.31. The minimum absolute atomic E-state index is 0.130. The molecule has 2 aromatic carbocycles. The third kappa shape index (κ3) is 6.84. The summed E-state index contributed by atoms with van der Waals surface area (Å²) in [5.74, 6) is 0.537. The van der Waals surface area contributed by atoms with E-state index in [1.165, 1.54) is 17.2 Å². The van der Waals surface area contributed by atoms with Crippen LogP contribution >= 0.6 is 0 Å². The maximum absolute atomic E-state index is 13.7. The van der Waals surface area contributed by atoms with E-state index in [0.29, 0.717) is 31.0 Å². The summed E-state index contributed by atoms with van der Waals surface area (Å²) < 4.78 is 13.7. The number of nitrogens with one attached hydrogen (secondary N) is 2. The minimum Gasteiger partial charge on any atom is -0.393 e. The van der Waals surface area contributed by atoms with Crippen LogP contribution < -0.4 is 10.6 Å². The number of guanidine groups is 1. The first-order valence-corrected chi connectivity index (χ1v) is 10.3. The first-order valence-electron chi connectivity index (χ1n) is 10.3. The summed E-state index contributed by atoms with van der Waals surface area (Å²) in [5, 5.41) is 16.1. The zero-order valence-corrected chi connectivity index (χ0v) is 17.1. The zero-order chi connectivity index (χ0) is 20.5.